The number of benzene rings is 1. The number of carboxylic acid groups (broad SMARTS) is 1. The number of nitrogens with zero attached hydrogens (tertiary/aromatic N) is 2. The molecule has 2 rings (SSSR count). The van der Waals surface area contributed by atoms with E-state index in [0.717, 1.165) is 0 Å². The molecule has 0 unspecified atom stereocenters. The first kappa shape index (κ1) is 11.1. The third-order valence-corrected chi connectivity index (χ3v) is 2.28. The largest absolute Gasteiger partial charge is 0.496 e. The summed E-state index contributed by atoms with van der Waals surface area (Å²) in [7, 11) is 1.55. The first-order valence-electron chi connectivity index (χ1n) is 4.92. The Morgan fingerprint density at radius 2 is 2.12 bits per heavy atom. The molecule has 0 atom stereocenters. The molecule has 5 heteroatoms. The van der Waals surface area contributed by atoms with Gasteiger partial charge < -0.3 is 9.84 Å². The summed E-state index contributed by atoms with van der Waals surface area (Å²) in [5.41, 5.74) is 1.29. The molecule has 17 heavy (non-hydrogen) atoms. The van der Waals surface area contributed by atoms with Gasteiger partial charge in [-0.25, -0.2) is 4.79 Å². The number of rotatable bonds is 3. The van der Waals surface area contributed by atoms with Crippen molar-refractivity contribution in [3.8, 4) is 17.0 Å². The van der Waals surface area contributed by atoms with Crippen LogP contribution in [0.1, 0.15) is 10.4 Å². The Hall–Kier alpha value is -2.43. The second kappa shape index (κ2) is 4.61. The molecule has 0 aliphatic carbocycles. The molecule has 0 aliphatic rings. The summed E-state index contributed by atoms with van der Waals surface area (Å²) < 4.78 is 5.18. The van der Waals surface area contributed by atoms with Crippen LogP contribution < -0.4 is 4.74 Å². The average Bonchev–Trinajstić information content (AvgIpc) is 2.39. The van der Waals surface area contributed by atoms with Gasteiger partial charge in [-0.05, 0) is 18.2 Å². The van der Waals surface area contributed by atoms with E-state index >= 15 is 0 Å². The van der Waals surface area contributed by atoms with E-state index < -0.39 is 5.97 Å². The molecule has 1 aromatic heterocycles. The van der Waals surface area contributed by atoms with E-state index in [0.29, 0.717) is 17.0 Å². The minimum Gasteiger partial charge on any atom is -0.496 e. The van der Waals surface area contributed by atoms with E-state index in [1.165, 1.54) is 12.3 Å². The van der Waals surface area contributed by atoms with Gasteiger partial charge in [0.2, 0.25) is 0 Å². The third kappa shape index (κ3) is 2.23. The van der Waals surface area contributed by atoms with Crippen LogP contribution in [-0.2, 0) is 0 Å². The summed E-state index contributed by atoms with van der Waals surface area (Å²) >= 11 is 0. The maximum atomic E-state index is 10.8. The normalized spacial score (nSPS) is 9.94. The number of hydrogen-bond acceptors (Lipinski definition) is 4. The second-order valence-corrected chi connectivity index (χ2v) is 3.33. The quantitative estimate of drug-likeness (QED) is 0.871. The molecule has 0 aliphatic heterocycles. The van der Waals surface area contributed by atoms with Crippen LogP contribution in [0.25, 0.3) is 11.3 Å². The molecule has 2 aromatic rings. The highest BCUT2D eigenvalue weighted by molar-refractivity contribution is 5.88. The van der Waals surface area contributed by atoms with Crippen LogP contribution >= 0.6 is 0 Å². The zero-order chi connectivity index (χ0) is 12.3. The number of methoxy groups -OCH3 is 1. The summed E-state index contributed by atoms with van der Waals surface area (Å²) in [5, 5.41) is 16.5. The highest BCUT2D eigenvalue weighted by atomic mass is 16.5. The minimum atomic E-state index is -1.03. The number of hydrogen-bond donors (Lipinski definition) is 1. The van der Waals surface area contributed by atoms with Gasteiger partial charge >= 0.3 is 5.97 Å². The van der Waals surface area contributed by atoms with Gasteiger partial charge in [-0.15, -0.1) is 0 Å². The predicted octanol–water partition coefficient (Wildman–Crippen LogP) is 1.85. The Balaban J connectivity index is 2.52. The highest BCUT2D eigenvalue weighted by Gasteiger charge is 2.10. The van der Waals surface area contributed by atoms with Crippen LogP contribution in [0.2, 0.25) is 0 Å². The monoisotopic (exact) mass is 230 g/mol. The molecule has 0 spiro atoms. The van der Waals surface area contributed by atoms with Crippen molar-refractivity contribution >= 4 is 5.97 Å². The topological polar surface area (TPSA) is 72.3 Å². The van der Waals surface area contributed by atoms with Crippen LogP contribution in [0.15, 0.2) is 36.5 Å². The molecule has 86 valence electrons. The molecule has 5 nitrogen and oxygen atoms in total. The lowest BCUT2D eigenvalue weighted by Crippen LogP contribution is -2.00. The molecule has 1 N–H and O–H groups in total. The Morgan fingerprint density at radius 1 is 1.35 bits per heavy atom. The van der Waals surface area contributed by atoms with Crippen molar-refractivity contribution in [3.05, 3.63) is 42.1 Å². The van der Waals surface area contributed by atoms with Crippen LogP contribution in [0.5, 0.6) is 5.75 Å². The van der Waals surface area contributed by atoms with Crippen LogP contribution in [0.4, 0.5) is 0 Å². The van der Waals surface area contributed by atoms with E-state index in [9.17, 15) is 4.79 Å². The zero-order valence-electron chi connectivity index (χ0n) is 9.12. The number of carboxylic acids is 1. The van der Waals surface area contributed by atoms with Crippen molar-refractivity contribution in [2.24, 2.45) is 0 Å². The van der Waals surface area contributed by atoms with E-state index in [-0.39, 0.29) is 5.56 Å². The van der Waals surface area contributed by atoms with Crippen molar-refractivity contribution in [1.82, 2.24) is 10.2 Å². The Bertz CT molecular complexity index is 555. The molecule has 0 radical (unpaired) electrons. The molecule has 0 saturated carbocycles. The van der Waals surface area contributed by atoms with E-state index in [1.807, 2.05) is 12.1 Å². The number of para-hydroxylation sites is 1. The molecule has 0 fully saturated rings. The van der Waals surface area contributed by atoms with Gasteiger partial charge in [-0.1, -0.05) is 12.1 Å². The Kier molecular flexibility index (Phi) is 3.00. The first-order chi connectivity index (χ1) is 8.22. The number of ether oxygens (including phenoxy) is 1. The predicted molar refractivity (Wildman–Crippen MR) is 61.0 cm³/mol. The fourth-order valence-electron chi connectivity index (χ4n) is 1.47. The second-order valence-electron chi connectivity index (χ2n) is 3.33. The van der Waals surface area contributed by atoms with Crippen molar-refractivity contribution in [2.45, 2.75) is 0 Å². The Morgan fingerprint density at radius 3 is 2.82 bits per heavy atom. The van der Waals surface area contributed by atoms with Gasteiger partial charge in [0.1, 0.15) is 5.75 Å². The van der Waals surface area contributed by atoms with E-state index in [2.05, 4.69) is 10.2 Å². The lowest BCUT2D eigenvalue weighted by atomic mass is 10.1. The molecule has 1 aromatic carbocycles. The lowest BCUT2D eigenvalue weighted by molar-refractivity contribution is 0.0696. The summed E-state index contributed by atoms with van der Waals surface area (Å²) in [6.45, 7) is 0. The van der Waals surface area contributed by atoms with Gasteiger partial charge in [-0.3, -0.25) is 0 Å². The first-order valence-corrected chi connectivity index (χ1v) is 4.92. The minimum absolute atomic E-state index is 0.0981. The Labute approximate surface area is 97.7 Å². The van der Waals surface area contributed by atoms with Gasteiger partial charge in [0.15, 0.2) is 0 Å². The van der Waals surface area contributed by atoms with Crippen LogP contribution in [0.3, 0.4) is 0 Å². The number of carbonyl (C=O) groups is 1. The average molecular weight is 230 g/mol. The van der Waals surface area contributed by atoms with Gasteiger partial charge in [-0.2, -0.15) is 10.2 Å². The maximum absolute atomic E-state index is 10.8. The summed E-state index contributed by atoms with van der Waals surface area (Å²) in [6, 6.07) is 8.70. The summed E-state index contributed by atoms with van der Waals surface area (Å²) in [4.78, 5) is 10.8. The van der Waals surface area contributed by atoms with Crippen molar-refractivity contribution < 1.29 is 14.6 Å². The van der Waals surface area contributed by atoms with Crippen LogP contribution in [-0.4, -0.2) is 28.4 Å². The zero-order valence-corrected chi connectivity index (χ0v) is 9.12. The highest BCUT2D eigenvalue weighted by Crippen LogP contribution is 2.27. The molecule has 0 saturated heterocycles. The van der Waals surface area contributed by atoms with E-state index in [1.54, 1.807) is 19.2 Å². The summed E-state index contributed by atoms with van der Waals surface area (Å²) in [6.07, 6.45) is 1.21. The van der Waals surface area contributed by atoms with Crippen LogP contribution in [0, 0.1) is 0 Å². The standard InChI is InChI=1S/C12H10N2O3/c1-17-11-5-3-2-4-9(11)10-6-8(12(15)16)7-13-14-10/h2-7H,1H3,(H,15,16). The molecule has 0 bridgehead atoms. The fourth-order valence-corrected chi connectivity index (χ4v) is 1.47. The van der Waals surface area contributed by atoms with Crippen molar-refractivity contribution in [3.63, 3.8) is 0 Å². The van der Waals surface area contributed by atoms with Gasteiger partial charge in [0.25, 0.3) is 0 Å². The maximum Gasteiger partial charge on any atom is 0.337 e. The van der Waals surface area contributed by atoms with Gasteiger partial charge in [0, 0.05) is 5.56 Å². The molecule has 0 amide bonds. The SMILES string of the molecule is COc1ccccc1-c1cc(C(=O)O)cnn1. The molecular formula is C12H10N2O3. The molecular weight excluding hydrogens is 220 g/mol. The lowest BCUT2D eigenvalue weighted by Gasteiger charge is -2.06. The van der Waals surface area contributed by atoms with Gasteiger partial charge in [0.05, 0.1) is 24.6 Å². The smallest absolute Gasteiger partial charge is 0.337 e. The summed E-state index contributed by atoms with van der Waals surface area (Å²) in [5.74, 6) is -0.402. The number of aromatic nitrogens is 2. The molecule has 1 heterocycles. The third-order valence-electron chi connectivity index (χ3n) is 2.28. The fraction of sp³-hybridized carbons (Fsp3) is 0.0833. The van der Waals surface area contributed by atoms with Crippen molar-refractivity contribution in [1.29, 1.82) is 0 Å². The van der Waals surface area contributed by atoms with E-state index in [4.69, 9.17) is 9.84 Å². The number of aromatic carboxylic acids is 1. The van der Waals surface area contributed by atoms with Crippen molar-refractivity contribution in [2.75, 3.05) is 7.11 Å².